The van der Waals surface area contributed by atoms with Crippen LogP contribution < -0.4 is 5.32 Å². The van der Waals surface area contributed by atoms with Gasteiger partial charge in [0.1, 0.15) is 6.61 Å². The largest absolute Gasteiger partial charge is 0.366 e. The van der Waals surface area contributed by atoms with Gasteiger partial charge in [-0.15, -0.1) is 0 Å². The standard InChI is InChI=1S/C16H20N2O2/c1-12(13-5-3-2-4-6-13)19-11-16-9-15(18-20-16)10-17-14-7-8-14/h2-6,9,12,14,17H,7-8,10-11H2,1H3. The van der Waals surface area contributed by atoms with Crippen molar-refractivity contribution in [3.63, 3.8) is 0 Å². The molecule has 1 aliphatic rings. The van der Waals surface area contributed by atoms with E-state index >= 15 is 0 Å². The van der Waals surface area contributed by atoms with Crippen molar-refractivity contribution < 1.29 is 9.26 Å². The molecule has 2 aromatic rings. The Hall–Kier alpha value is -1.65. The van der Waals surface area contributed by atoms with Gasteiger partial charge >= 0.3 is 0 Å². The van der Waals surface area contributed by atoms with Gasteiger partial charge in [-0.05, 0) is 25.3 Å². The molecule has 0 spiro atoms. The zero-order chi connectivity index (χ0) is 13.8. The summed E-state index contributed by atoms with van der Waals surface area (Å²) in [5.41, 5.74) is 2.12. The molecule has 106 valence electrons. The molecule has 0 radical (unpaired) electrons. The van der Waals surface area contributed by atoms with Crippen molar-refractivity contribution in [2.45, 2.75) is 45.1 Å². The topological polar surface area (TPSA) is 47.3 Å². The van der Waals surface area contributed by atoms with E-state index in [1.807, 2.05) is 31.2 Å². The summed E-state index contributed by atoms with van der Waals surface area (Å²) in [6.07, 6.45) is 2.61. The Bertz CT molecular complexity index is 534. The number of hydrogen-bond donors (Lipinski definition) is 1. The van der Waals surface area contributed by atoms with E-state index in [1.54, 1.807) is 0 Å². The summed E-state index contributed by atoms with van der Waals surface area (Å²) in [4.78, 5) is 0. The van der Waals surface area contributed by atoms with Crippen molar-refractivity contribution in [3.8, 4) is 0 Å². The highest BCUT2D eigenvalue weighted by molar-refractivity contribution is 5.17. The van der Waals surface area contributed by atoms with Crippen LogP contribution in [-0.2, 0) is 17.9 Å². The van der Waals surface area contributed by atoms with Crippen LogP contribution in [0.4, 0.5) is 0 Å². The Morgan fingerprint density at radius 2 is 2.15 bits per heavy atom. The minimum Gasteiger partial charge on any atom is -0.366 e. The number of nitrogens with zero attached hydrogens (tertiary/aromatic N) is 1. The quantitative estimate of drug-likeness (QED) is 0.840. The van der Waals surface area contributed by atoms with E-state index in [0.29, 0.717) is 12.6 Å². The van der Waals surface area contributed by atoms with Gasteiger partial charge in [-0.1, -0.05) is 35.5 Å². The molecule has 1 aromatic heterocycles. The lowest BCUT2D eigenvalue weighted by Gasteiger charge is -2.11. The molecule has 1 heterocycles. The number of nitrogens with one attached hydrogen (secondary N) is 1. The number of hydrogen-bond acceptors (Lipinski definition) is 4. The summed E-state index contributed by atoms with van der Waals surface area (Å²) >= 11 is 0. The third-order valence-electron chi connectivity index (χ3n) is 3.50. The van der Waals surface area contributed by atoms with Gasteiger partial charge in [-0.25, -0.2) is 0 Å². The molecule has 0 aliphatic heterocycles. The van der Waals surface area contributed by atoms with Crippen LogP contribution in [0.3, 0.4) is 0 Å². The predicted octanol–water partition coefficient (Wildman–Crippen LogP) is 3.20. The van der Waals surface area contributed by atoms with Crippen molar-refractivity contribution in [2.75, 3.05) is 0 Å². The van der Waals surface area contributed by atoms with Crippen molar-refractivity contribution in [1.29, 1.82) is 0 Å². The molecule has 3 rings (SSSR count). The van der Waals surface area contributed by atoms with Crippen molar-refractivity contribution >= 4 is 0 Å². The maximum atomic E-state index is 5.81. The molecule has 1 atom stereocenters. The molecular weight excluding hydrogens is 252 g/mol. The summed E-state index contributed by atoms with van der Waals surface area (Å²) < 4.78 is 11.1. The Kier molecular flexibility index (Phi) is 4.14. The Balaban J connectivity index is 1.47. The molecule has 4 heteroatoms. The lowest BCUT2D eigenvalue weighted by molar-refractivity contribution is 0.0390. The van der Waals surface area contributed by atoms with Gasteiger partial charge in [0.15, 0.2) is 5.76 Å². The zero-order valence-corrected chi connectivity index (χ0v) is 11.7. The van der Waals surface area contributed by atoms with E-state index in [4.69, 9.17) is 9.26 Å². The van der Waals surface area contributed by atoms with E-state index in [9.17, 15) is 0 Å². The highest BCUT2D eigenvalue weighted by Gasteiger charge is 2.20. The summed E-state index contributed by atoms with van der Waals surface area (Å²) in [6.45, 7) is 3.27. The Morgan fingerprint density at radius 3 is 2.90 bits per heavy atom. The number of aromatic nitrogens is 1. The summed E-state index contributed by atoms with van der Waals surface area (Å²) in [6, 6.07) is 12.8. The fraction of sp³-hybridized carbons (Fsp3) is 0.438. The Labute approximate surface area is 119 Å². The minimum atomic E-state index is 0.0503. The maximum Gasteiger partial charge on any atom is 0.162 e. The lowest BCUT2D eigenvalue weighted by Crippen LogP contribution is -2.15. The molecule has 1 unspecified atom stereocenters. The van der Waals surface area contributed by atoms with Crippen molar-refractivity contribution in [1.82, 2.24) is 10.5 Å². The fourth-order valence-electron chi connectivity index (χ4n) is 2.07. The smallest absolute Gasteiger partial charge is 0.162 e. The average Bonchev–Trinajstić information content (AvgIpc) is 3.22. The normalized spacial score (nSPS) is 16.2. The molecule has 1 aromatic carbocycles. The molecule has 1 fully saturated rings. The number of rotatable bonds is 7. The fourth-order valence-corrected chi connectivity index (χ4v) is 2.07. The molecule has 1 saturated carbocycles. The van der Waals surface area contributed by atoms with Crippen LogP contribution in [0.25, 0.3) is 0 Å². The highest BCUT2D eigenvalue weighted by atomic mass is 16.5. The van der Waals surface area contributed by atoms with E-state index < -0.39 is 0 Å². The second-order valence-corrected chi connectivity index (χ2v) is 5.30. The van der Waals surface area contributed by atoms with Gasteiger partial charge in [-0.3, -0.25) is 0 Å². The monoisotopic (exact) mass is 272 g/mol. The number of ether oxygens (including phenoxy) is 1. The molecule has 0 amide bonds. The number of benzene rings is 1. The lowest BCUT2D eigenvalue weighted by atomic mass is 10.1. The van der Waals surface area contributed by atoms with Gasteiger partial charge in [0.25, 0.3) is 0 Å². The van der Waals surface area contributed by atoms with Gasteiger partial charge in [0, 0.05) is 18.7 Å². The molecule has 0 bridgehead atoms. The van der Waals surface area contributed by atoms with Crippen LogP contribution in [0, 0.1) is 0 Å². The molecule has 4 nitrogen and oxygen atoms in total. The van der Waals surface area contributed by atoms with Crippen LogP contribution in [0.1, 0.15) is 42.9 Å². The minimum absolute atomic E-state index is 0.0503. The summed E-state index contributed by atoms with van der Waals surface area (Å²) in [7, 11) is 0. The third-order valence-corrected chi connectivity index (χ3v) is 3.50. The molecular formula is C16H20N2O2. The van der Waals surface area contributed by atoms with E-state index in [-0.39, 0.29) is 6.10 Å². The first-order valence-corrected chi connectivity index (χ1v) is 7.15. The molecule has 1 aliphatic carbocycles. The van der Waals surface area contributed by atoms with Crippen LogP contribution in [-0.4, -0.2) is 11.2 Å². The second kappa shape index (κ2) is 6.20. The van der Waals surface area contributed by atoms with E-state index in [0.717, 1.165) is 18.0 Å². The van der Waals surface area contributed by atoms with Crippen LogP contribution in [0.5, 0.6) is 0 Å². The highest BCUT2D eigenvalue weighted by Crippen LogP contribution is 2.20. The van der Waals surface area contributed by atoms with Crippen LogP contribution >= 0.6 is 0 Å². The predicted molar refractivity (Wildman–Crippen MR) is 76.0 cm³/mol. The third kappa shape index (κ3) is 3.68. The first-order valence-electron chi connectivity index (χ1n) is 7.15. The molecule has 20 heavy (non-hydrogen) atoms. The zero-order valence-electron chi connectivity index (χ0n) is 11.7. The van der Waals surface area contributed by atoms with Crippen LogP contribution in [0.2, 0.25) is 0 Å². The van der Waals surface area contributed by atoms with E-state index in [1.165, 1.54) is 18.4 Å². The van der Waals surface area contributed by atoms with Gasteiger partial charge < -0.3 is 14.6 Å². The van der Waals surface area contributed by atoms with Crippen molar-refractivity contribution in [2.24, 2.45) is 0 Å². The van der Waals surface area contributed by atoms with Crippen LogP contribution in [0.15, 0.2) is 40.9 Å². The molecule has 0 saturated heterocycles. The Morgan fingerprint density at radius 1 is 1.35 bits per heavy atom. The summed E-state index contributed by atoms with van der Waals surface area (Å²) in [5, 5.41) is 7.46. The maximum absolute atomic E-state index is 5.81. The molecule has 1 N–H and O–H groups in total. The SMILES string of the molecule is CC(OCc1cc(CNC2CC2)no1)c1ccccc1. The second-order valence-electron chi connectivity index (χ2n) is 5.30. The first kappa shape index (κ1) is 13.3. The van der Waals surface area contributed by atoms with Gasteiger partial charge in [-0.2, -0.15) is 0 Å². The summed E-state index contributed by atoms with van der Waals surface area (Å²) in [5.74, 6) is 0.778. The van der Waals surface area contributed by atoms with Gasteiger partial charge in [0.2, 0.25) is 0 Å². The van der Waals surface area contributed by atoms with Crippen molar-refractivity contribution in [3.05, 3.63) is 53.4 Å². The van der Waals surface area contributed by atoms with Gasteiger partial charge in [0.05, 0.1) is 11.8 Å². The first-order chi connectivity index (χ1) is 9.81. The average molecular weight is 272 g/mol. The van der Waals surface area contributed by atoms with E-state index in [2.05, 4.69) is 22.6 Å².